The molecular formula is C10H14N2O3. The van der Waals surface area contributed by atoms with Gasteiger partial charge in [0.05, 0.1) is 12.3 Å². The normalized spacial score (nSPS) is 10.1. The molecular weight excluding hydrogens is 196 g/mol. The Hall–Kier alpha value is -1.65. The Morgan fingerprint density at radius 2 is 2.07 bits per heavy atom. The molecule has 15 heavy (non-hydrogen) atoms. The van der Waals surface area contributed by atoms with Gasteiger partial charge in [-0.3, -0.25) is 0 Å². The van der Waals surface area contributed by atoms with Crippen LogP contribution in [0.3, 0.4) is 0 Å². The minimum Gasteiger partial charge on any atom is -0.477 e. The lowest BCUT2D eigenvalue weighted by Crippen LogP contribution is -2.10. The number of ether oxygens (including phenoxy) is 1. The van der Waals surface area contributed by atoms with Crippen LogP contribution in [0.25, 0.3) is 0 Å². The second kappa shape index (κ2) is 4.72. The lowest BCUT2D eigenvalue weighted by atomic mass is 10.1. The molecule has 0 aliphatic rings. The fourth-order valence-corrected chi connectivity index (χ4v) is 1.14. The topological polar surface area (TPSA) is 72.3 Å². The van der Waals surface area contributed by atoms with Crippen molar-refractivity contribution in [2.24, 2.45) is 0 Å². The second-order valence-corrected chi connectivity index (χ2v) is 3.24. The molecule has 1 aromatic heterocycles. The quantitative estimate of drug-likeness (QED) is 0.816. The summed E-state index contributed by atoms with van der Waals surface area (Å²) in [7, 11) is 0. The van der Waals surface area contributed by atoms with Crippen molar-refractivity contribution in [2.45, 2.75) is 27.2 Å². The molecule has 0 aromatic carbocycles. The minimum atomic E-state index is -1.03. The maximum atomic E-state index is 11.0. The summed E-state index contributed by atoms with van der Waals surface area (Å²) in [5, 5.41) is 16.6. The van der Waals surface area contributed by atoms with Crippen molar-refractivity contribution in [1.82, 2.24) is 10.2 Å². The van der Waals surface area contributed by atoms with Gasteiger partial charge in [-0.2, -0.15) is 5.10 Å². The average Bonchev–Trinajstić information content (AvgIpc) is 2.19. The standard InChI is InChI=1S/C10H14N2O3/c1-4-5-15-9-8(10(13)14)6(2)7(3)11-12-9/h4-5H2,1-3H3,(H,13,14). The van der Waals surface area contributed by atoms with Crippen LogP contribution in [0.4, 0.5) is 0 Å². The summed E-state index contributed by atoms with van der Waals surface area (Å²) in [6.07, 6.45) is 0.799. The molecule has 0 amide bonds. The van der Waals surface area contributed by atoms with Gasteiger partial charge in [-0.1, -0.05) is 6.92 Å². The number of rotatable bonds is 4. The highest BCUT2D eigenvalue weighted by atomic mass is 16.5. The van der Waals surface area contributed by atoms with E-state index in [9.17, 15) is 4.79 Å². The van der Waals surface area contributed by atoms with Crippen LogP contribution in [0.15, 0.2) is 0 Å². The van der Waals surface area contributed by atoms with E-state index >= 15 is 0 Å². The minimum absolute atomic E-state index is 0.104. The fraction of sp³-hybridized carbons (Fsp3) is 0.500. The zero-order valence-corrected chi connectivity index (χ0v) is 9.07. The first-order valence-corrected chi connectivity index (χ1v) is 4.77. The zero-order valence-electron chi connectivity index (χ0n) is 9.07. The van der Waals surface area contributed by atoms with E-state index in [1.165, 1.54) is 0 Å². The first-order valence-electron chi connectivity index (χ1n) is 4.77. The lowest BCUT2D eigenvalue weighted by molar-refractivity contribution is 0.0689. The van der Waals surface area contributed by atoms with Crippen LogP contribution in [0.5, 0.6) is 5.88 Å². The van der Waals surface area contributed by atoms with Crippen LogP contribution in [0.1, 0.15) is 35.0 Å². The molecule has 0 aliphatic heterocycles. The van der Waals surface area contributed by atoms with E-state index in [1.807, 2.05) is 6.92 Å². The van der Waals surface area contributed by atoms with Crippen molar-refractivity contribution in [3.05, 3.63) is 16.8 Å². The first-order chi connectivity index (χ1) is 7.07. The van der Waals surface area contributed by atoms with Gasteiger partial charge >= 0.3 is 5.97 Å². The van der Waals surface area contributed by atoms with Crippen LogP contribution in [-0.2, 0) is 0 Å². The predicted molar refractivity (Wildman–Crippen MR) is 54.3 cm³/mol. The van der Waals surface area contributed by atoms with E-state index < -0.39 is 5.97 Å². The molecule has 0 saturated heterocycles. The zero-order chi connectivity index (χ0) is 11.4. The summed E-state index contributed by atoms with van der Waals surface area (Å²) in [6.45, 7) is 5.80. The summed E-state index contributed by atoms with van der Waals surface area (Å²) in [4.78, 5) is 11.0. The van der Waals surface area contributed by atoms with Crippen LogP contribution in [0, 0.1) is 13.8 Å². The molecule has 5 nitrogen and oxygen atoms in total. The number of hydrogen-bond acceptors (Lipinski definition) is 4. The van der Waals surface area contributed by atoms with Crippen molar-refractivity contribution in [1.29, 1.82) is 0 Å². The molecule has 0 atom stereocenters. The van der Waals surface area contributed by atoms with Gasteiger partial charge in [-0.05, 0) is 25.8 Å². The Kier molecular flexibility index (Phi) is 3.60. The third kappa shape index (κ3) is 2.43. The van der Waals surface area contributed by atoms with Crippen molar-refractivity contribution in [3.63, 3.8) is 0 Å². The molecule has 1 heterocycles. The Labute approximate surface area is 88.1 Å². The van der Waals surface area contributed by atoms with Crippen molar-refractivity contribution in [2.75, 3.05) is 6.61 Å². The number of carbonyl (C=O) groups is 1. The number of aromatic carboxylic acids is 1. The highest BCUT2D eigenvalue weighted by Crippen LogP contribution is 2.20. The molecule has 82 valence electrons. The van der Waals surface area contributed by atoms with Gasteiger partial charge < -0.3 is 9.84 Å². The summed E-state index contributed by atoms with van der Waals surface area (Å²) >= 11 is 0. The number of carboxylic acid groups (broad SMARTS) is 1. The Balaban J connectivity index is 3.15. The van der Waals surface area contributed by atoms with E-state index in [4.69, 9.17) is 9.84 Å². The summed E-state index contributed by atoms with van der Waals surface area (Å²) in [6, 6.07) is 0. The summed E-state index contributed by atoms with van der Waals surface area (Å²) < 4.78 is 5.23. The maximum Gasteiger partial charge on any atom is 0.341 e. The molecule has 0 unspecified atom stereocenters. The first kappa shape index (κ1) is 11.4. The monoisotopic (exact) mass is 210 g/mol. The SMILES string of the molecule is CCCOc1nnc(C)c(C)c1C(=O)O. The van der Waals surface area contributed by atoms with E-state index in [2.05, 4.69) is 10.2 Å². The van der Waals surface area contributed by atoms with Crippen LogP contribution >= 0.6 is 0 Å². The molecule has 0 saturated carbocycles. The van der Waals surface area contributed by atoms with Gasteiger partial charge in [0.25, 0.3) is 0 Å². The predicted octanol–water partition coefficient (Wildman–Crippen LogP) is 1.58. The highest BCUT2D eigenvalue weighted by molar-refractivity contribution is 5.91. The molecule has 5 heteroatoms. The largest absolute Gasteiger partial charge is 0.477 e. The van der Waals surface area contributed by atoms with E-state index in [0.29, 0.717) is 17.9 Å². The lowest BCUT2D eigenvalue weighted by Gasteiger charge is -2.09. The summed E-state index contributed by atoms with van der Waals surface area (Å²) in [5.74, 6) is -0.927. The van der Waals surface area contributed by atoms with Gasteiger partial charge in [0.1, 0.15) is 5.56 Å². The van der Waals surface area contributed by atoms with E-state index in [-0.39, 0.29) is 11.4 Å². The van der Waals surface area contributed by atoms with Gasteiger partial charge in [0.15, 0.2) is 0 Å². The third-order valence-corrected chi connectivity index (χ3v) is 2.08. The molecule has 0 aliphatic carbocycles. The highest BCUT2D eigenvalue weighted by Gasteiger charge is 2.18. The second-order valence-electron chi connectivity index (χ2n) is 3.24. The third-order valence-electron chi connectivity index (χ3n) is 2.08. The van der Waals surface area contributed by atoms with Crippen molar-refractivity contribution in [3.8, 4) is 5.88 Å². The van der Waals surface area contributed by atoms with E-state index in [1.54, 1.807) is 13.8 Å². The number of nitrogens with zero attached hydrogens (tertiary/aromatic N) is 2. The van der Waals surface area contributed by atoms with Crippen molar-refractivity contribution >= 4 is 5.97 Å². The molecule has 1 N–H and O–H groups in total. The average molecular weight is 210 g/mol. The summed E-state index contributed by atoms with van der Waals surface area (Å²) in [5.41, 5.74) is 1.32. The number of aryl methyl sites for hydroxylation is 1. The van der Waals surface area contributed by atoms with Crippen LogP contribution < -0.4 is 4.74 Å². The molecule has 0 radical (unpaired) electrons. The molecule has 0 fully saturated rings. The van der Waals surface area contributed by atoms with E-state index in [0.717, 1.165) is 6.42 Å². The van der Waals surface area contributed by atoms with Crippen LogP contribution in [-0.4, -0.2) is 27.9 Å². The van der Waals surface area contributed by atoms with Gasteiger partial charge in [-0.25, -0.2) is 4.79 Å². The Morgan fingerprint density at radius 3 is 2.60 bits per heavy atom. The van der Waals surface area contributed by atoms with Gasteiger partial charge in [0, 0.05) is 0 Å². The molecule has 1 rings (SSSR count). The number of carboxylic acids is 1. The van der Waals surface area contributed by atoms with Gasteiger partial charge in [-0.15, -0.1) is 5.10 Å². The van der Waals surface area contributed by atoms with Crippen LogP contribution in [0.2, 0.25) is 0 Å². The Morgan fingerprint density at radius 1 is 1.40 bits per heavy atom. The van der Waals surface area contributed by atoms with Gasteiger partial charge in [0.2, 0.25) is 5.88 Å². The number of hydrogen-bond donors (Lipinski definition) is 1. The molecule has 0 bridgehead atoms. The number of aromatic nitrogens is 2. The maximum absolute atomic E-state index is 11.0. The smallest absolute Gasteiger partial charge is 0.341 e. The fourth-order valence-electron chi connectivity index (χ4n) is 1.14. The Bertz CT molecular complexity index is 377. The molecule has 1 aromatic rings. The molecule has 0 spiro atoms. The van der Waals surface area contributed by atoms with Crippen molar-refractivity contribution < 1.29 is 14.6 Å².